The predicted octanol–water partition coefficient (Wildman–Crippen LogP) is 6.77. The van der Waals surface area contributed by atoms with Crippen LogP contribution in [-0.2, 0) is 0 Å². The van der Waals surface area contributed by atoms with Crippen molar-refractivity contribution in [2.45, 2.75) is 0 Å². The minimum absolute atomic E-state index is 0.0646. The Hall–Kier alpha value is -5.30. The second-order valence-corrected chi connectivity index (χ2v) is 8.33. The molecule has 0 aliphatic carbocycles. The van der Waals surface area contributed by atoms with Crippen LogP contribution in [0.2, 0.25) is 0 Å². The summed E-state index contributed by atoms with van der Waals surface area (Å²) in [4.78, 5) is 28.5. The highest BCUT2D eigenvalue weighted by Gasteiger charge is 2.20. The van der Waals surface area contributed by atoms with Gasteiger partial charge in [-0.05, 0) is 23.8 Å². The fourth-order valence-corrected chi connectivity index (χ4v) is 4.47. The standard InChI is InChI=1S/C15H11NO3.C15H11NO2/c17-12-8-4-2-6-10(12)13-9-5-1-3-7-11(9)16-14(13)15(18)19;17-15(18)14-13(10-6-2-1-3-7-10)11-8-4-5-9-12(11)16-14/h1-8,16-17H,(H,18,19);1-9,16H,(H,17,18). The van der Waals surface area contributed by atoms with Crippen LogP contribution in [0.3, 0.4) is 0 Å². The Kier molecular flexibility index (Phi) is 6.18. The summed E-state index contributed by atoms with van der Waals surface area (Å²) in [7, 11) is 0. The number of benzene rings is 4. The number of aromatic amines is 2. The molecule has 0 fully saturated rings. The highest BCUT2D eigenvalue weighted by atomic mass is 16.4. The summed E-state index contributed by atoms with van der Waals surface area (Å²) in [5, 5.41) is 30.3. The molecule has 6 aromatic rings. The maximum absolute atomic E-state index is 11.4. The Labute approximate surface area is 211 Å². The molecule has 0 spiro atoms. The summed E-state index contributed by atoms with van der Waals surface area (Å²) in [5.41, 5.74) is 4.58. The van der Waals surface area contributed by atoms with Gasteiger partial charge in [-0.1, -0.05) is 84.9 Å². The monoisotopic (exact) mass is 490 g/mol. The molecule has 4 aromatic carbocycles. The summed E-state index contributed by atoms with van der Waals surface area (Å²) in [6.07, 6.45) is 0. The summed E-state index contributed by atoms with van der Waals surface area (Å²) in [6.45, 7) is 0. The number of fused-ring (bicyclic) bond motifs is 2. The van der Waals surface area contributed by atoms with Gasteiger partial charge in [-0.25, -0.2) is 9.59 Å². The largest absolute Gasteiger partial charge is 0.507 e. The van der Waals surface area contributed by atoms with E-state index < -0.39 is 11.9 Å². The third-order valence-corrected chi connectivity index (χ3v) is 6.08. The number of carboxylic acid groups (broad SMARTS) is 2. The maximum atomic E-state index is 11.4. The van der Waals surface area contributed by atoms with E-state index in [4.69, 9.17) is 0 Å². The van der Waals surface area contributed by atoms with Gasteiger partial charge >= 0.3 is 11.9 Å². The van der Waals surface area contributed by atoms with Crippen LogP contribution in [0.5, 0.6) is 5.75 Å². The molecule has 0 bridgehead atoms. The van der Waals surface area contributed by atoms with Crippen LogP contribution in [0.15, 0.2) is 103 Å². The van der Waals surface area contributed by atoms with Crippen molar-refractivity contribution in [1.29, 1.82) is 0 Å². The van der Waals surface area contributed by atoms with Crippen molar-refractivity contribution in [3.05, 3.63) is 115 Å². The normalized spacial score (nSPS) is 10.7. The first kappa shape index (κ1) is 23.4. The second kappa shape index (κ2) is 9.75. The number of nitrogens with one attached hydrogen (secondary N) is 2. The second-order valence-electron chi connectivity index (χ2n) is 8.33. The van der Waals surface area contributed by atoms with Gasteiger partial charge in [0, 0.05) is 38.5 Å². The topological polar surface area (TPSA) is 126 Å². The summed E-state index contributed by atoms with van der Waals surface area (Å²) in [5.74, 6) is -1.92. The molecule has 37 heavy (non-hydrogen) atoms. The number of aromatic nitrogens is 2. The zero-order valence-electron chi connectivity index (χ0n) is 19.5. The van der Waals surface area contributed by atoms with Crippen LogP contribution in [0.25, 0.3) is 44.1 Å². The number of carbonyl (C=O) groups is 2. The van der Waals surface area contributed by atoms with Gasteiger partial charge < -0.3 is 25.3 Å². The van der Waals surface area contributed by atoms with E-state index in [-0.39, 0.29) is 17.1 Å². The van der Waals surface area contributed by atoms with Gasteiger partial charge in [-0.3, -0.25) is 0 Å². The Bertz CT molecular complexity index is 1750. The molecule has 0 atom stereocenters. The molecule has 2 aromatic heterocycles. The molecule has 0 aliphatic rings. The molecule has 2 heterocycles. The Balaban J connectivity index is 0.000000152. The first-order chi connectivity index (χ1) is 18.0. The molecule has 182 valence electrons. The molecule has 0 amide bonds. The highest BCUT2D eigenvalue weighted by Crippen LogP contribution is 2.37. The predicted molar refractivity (Wildman–Crippen MR) is 143 cm³/mol. The molecular weight excluding hydrogens is 468 g/mol. The first-order valence-electron chi connectivity index (χ1n) is 11.5. The average Bonchev–Trinajstić information content (AvgIpc) is 3.49. The van der Waals surface area contributed by atoms with Gasteiger partial charge in [0.2, 0.25) is 0 Å². The number of rotatable bonds is 4. The average molecular weight is 491 g/mol. The van der Waals surface area contributed by atoms with Crippen molar-refractivity contribution >= 4 is 33.7 Å². The van der Waals surface area contributed by atoms with Crippen molar-refractivity contribution < 1.29 is 24.9 Å². The van der Waals surface area contributed by atoms with E-state index in [9.17, 15) is 24.9 Å². The number of phenolic OH excluding ortho intramolecular Hbond substituents is 1. The van der Waals surface area contributed by atoms with Crippen molar-refractivity contribution in [2.75, 3.05) is 0 Å². The lowest BCUT2D eigenvalue weighted by atomic mass is 10.0. The van der Waals surface area contributed by atoms with Crippen molar-refractivity contribution in [1.82, 2.24) is 9.97 Å². The van der Waals surface area contributed by atoms with Gasteiger partial charge in [0.05, 0.1) is 0 Å². The van der Waals surface area contributed by atoms with Gasteiger partial charge in [-0.15, -0.1) is 0 Å². The third-order valence-electron chi connectivity index (χ3n) is 6.08. The molecule has 6 rings (SSSR count). The van der Waals surface area contributed by atoms with Crippen LogP contribution in [-0.4, -0.2) is 37.2 Å². The number of para-hydroxylation sites is 3. The summed E-state index contributed by atoms with van der Waals surface area (Å²) < 4.78 is 0. The van der Waals surface area contributed by atoms with Crippen LogP contribution < -0.4 is 0 Å². The van der Waals surface area contributed by atoms with E-state index in [0.29, 0.717) is 11.1 Å². The smallest absolute Gasteiger partial charge is 0.352 e. The van der Waals surface area contributed by atoms with Crippen LogP contribution in [0, 0.1) is 0 Å². The van der Waals surface area contributed by atoms with Gasteiger partial charge in [0.15, 0.2) is 0 Å². The number of aromatic hydroxyl groups is 1. The summed E-state index contributed by atoms with van der Waals surface area (Å²) in [6, 6.07) is 31.2. The van der Waals surface area contributed by atoms with Crippen molar-refractivity contribution in [3.8, 4) is 28.0 Å². The molecule has 0 unspecified atom stereocenters. The van der Waals surface area contributed by atoms with E-state index in [1.54, 1.807) is 24.3 Å². The number of carboxylic acids is 2. The van der Waals surface area contributed by atoms with E-state index in [2.05, 4.69) is 9.97 Å². The molecule has 7 heteroatoms. The number of phenols is 1. The first-order valence-corrected chi connectivity index (χ1v) is 11.5. The quantitative estimate of drug-likeness (QED) is 0.186. The minimum Gasteiger partial charge on any atom is -0.507 e. The van der Waals surface area contributed by atoms with Crippen LogP contribution in [0.1, 0.15) is 21.0 Å². The Morgan fingerprint density at radius 3 is 1.57 bits per heavy atom. The maximum Gasteiger partial charge on any atom is 0.352 e. The molecule has 0 saturated carbocycles. The van der Waals surface area contributed by atoms with E-state index in [0.717, 1.165) is 32.9 Å². The zero-order chi connectivity index (χ0) is 25.9. The van der Waals surface area contributed by atoms with Gasteiger partial charge in [0.25, 0.3) is 0 Å². The van der Waals surface area contributed by atoms with Crippen molar-refractivity contribution in [3.63, 3.8) is 0 Å². The van der Waals surface area contributed by atoms with E-state index in [1.165, 1.54) is 0 Å². The SMILES string of the molecule is O=C(O)c1[nH]c2ccccc2c1-c1ccccc1.O=C(O)c1[nH]c2ccccc2c1-c1ccccc1O. The van der Waals surface area contributed by atoms with Crippen LogP contribution >= 0.6 is 0 Å². The lowest BCUT2D eigenvalue weighted by Gasteiger charge is -2.04. The van der Waals surface area contributed by atoms with Gasteiger partial charge in [0.1, 0.15) is 17.1 Å². The fourth-order valence-electron chi connectivity index (χ4n) is 4.47. The molecule has 0 radical (unpaired) electrons. The van der Waals surface area contributed by atoms with Gasteiger partial charge in [-0.2, -0.15) is 0 Å². The highest BCUT2D eigenvalue weighted by molar-refractivity contribution is 6.08. The van der Waals surface area contributed by atoms with Crippen molar-refractivity contribution in [2.24, 2.45) is 0 Å². The van der Waals surface area contributed by atoms with E-state index >= 15 is 0 Å². The Morgan fingerprint density at radius 2 is 1.00 bits per heavy atom. The molecule has 5 N–H and O–H groups in total. The zero-order valence-corrected chi connectivity index (χ0v) is 19.5. The molecule has 0 saturated heterocycles. The lowest BCUT2D eigenvalue weighted by Crippen LogP contribution is -1.98. The number of hydrogen-bond acceptors (Lipinski definition) is 3. The third kappa shape index (κ3) is 4.41. The molecule has 7 nitrogen and oxygen atoms in total. The number of hydrogen-bond donors (Lipinski definition) is 5. The van der Waals surface area contributed by atoms with E-state index in [1.807, 2.05) is 78.9 Å². The Morgan fingerprint density at radius 1 is 0.541 bits per heavy atom. The number of H-pyrrole nitrogens is 2. The molecule has 0 aliphatic heterocycles. The minimum atomic E-state index is -1.05. The molecular formula is C30H22N2O5. The lowest BCUT2D eigenvalue weighted by molar-refractivity contribution is 0.0681. The fraction of sp³-hybridized carbons (Fsp3) is 0. The summed E-state index contributed by atoms with van der Waals surface area (Å²) >= 11 is 0. The number of aromatic carboxylic acids is 2. The van der Waals surface area contributed by atoms with Crippen LogP contribution in [0.4, 0.5) is 0 Å².